The molecule has 1 aliphatic heterocycles. The number of nitrogens with one attached hydrogen (secondary N) is 1. The molecule has 1 aromatic rings. The zero-order valence-electron chi connectivity index (χ0n) is 10.0. The number of hydrogen-bond donors (Lipinski definition) is 1. The molecule has 1 fully saturated rings. The van der Waals surface area contributed by atoms with Crippen LogP contribution in [0.15, 0.2) is 12.1 Å². The number of halogens is 3. The zero-order chi connectivity index (χ0) is 13.0. The average Bonchev–Trinajstić information content (AvgIpc) is 2.34. The highest BCUT2D eigenvalue weighted by molar-refractivity contribution is 6.40. The molecule has 5 heteroatoms. The number of piperidine rings is 1. The van der Waals surface area contributed by atoms with E-state index in [1.807, 2.05) is 0 Å². The van der Waals surface area contributed by atoms with Crippen LogP contribution in [-0.4, -0.2) is 19.7 Å². The fourth-order valence-electron chi connectivity index (χ4n) is 2.16. The Morgan fingerprint density at radius 2 is 1.72 bits per heavy atom. The van der Waals surface area contributed by atoms with Gasteiger partial charge >= 0.3 is 0 Å². The largest absolute Gasteiger partial charge is 0.490 e. The normalized spacial score (nSPS) is 16.8. The van der Waals surface area contributed by atoms with Crippen LogP contribution in [0, 0.1) is 5.92 Å². The summed E-state index contributed by atoms with van der Waals surface area (Å²) in [6, 6.07) is 3.30. The summed E-state index contributed by atoms with van der Waals surface area (Å²) in [5.41, 5.74) is 0. The monoisotopic (exact) mass is 307 g/mol. The van der Waals surface area contributed by atoms with Crippen molar-refractivity contribution in [3.05, 3.63) is 27.2 Å². The van der Waals surface area contributed by atoms with Crippen molar-refractivity contribution in [1.29, 1.82) is 0 Å². The summed E-state index contributed by atoms with van der Waals surface area (Å²) in [4.78, 5) is 0. The topological polar surface area (TPSA) is 21.3 Å². The second-order valence-electron chi connectivity index (χ2n) is 4.53. The van der Waals surface area contributed by atoms with Gasteiger partial charge in [-0.1, -0.05) is 34.8 Å². The smallest absolute Gasteiger partial charge is 0.156 e. The molecule has 1 saturated heterocycles. The van der Waals surface area contributed by atoms with E-state index < -0.39 is 0 Å². The molecule has 0 aliphatic carbocycles. The van der Waals surface area contributed by atoms with Gasteiger partial charge in [0.25, 0.3) is 0 Å². The van der Waals surface area contributed by atoms with Crippen molar-refractivity contribution in [2.75, 3.05) is 19.7 Å². The fraction of sp³-hybridized carbons (Fsp3) is 0.538. The van der Waals surface area contributed by atoms with E-state index >= 15 is 0 Å². The van der Waals surface area contributed by atoms with Crippen molar-refractivity contribution in [3.8, 4) is 5.75 Å². The van der Waals surface area contributed by atoms with Gasteiger partial charge in [0.1, 0.15) is 0 Å². The molecule has 0 saturated carbocycles. The van der Waals surface area contributed by atoms with Gasteiger partial charge in [-0.3, -0.25) is 0 Å². The molecule has 0 atom stereocenters. The zero-order valence-corrected chi connectivity index (χ0v) is 12.3. The Balaban J connectivity index is 1.86. The maximum absolute atomic E-state index is 6.05. The van der Waals surface area contributed by atoms with Gasteiger partial charge in [-0.2, -0.15) is 0 Å². The molecule has 2 rings (SSSR count). The predicted octanol–water partition coefficient (Wildman–Crippen LogP) is 4.42. The van der Waals surface area contributed by atoms with E-state index in [9.17, 15) is 0 Å². The Labute approximate surface area is 123 Å². The van der Waals surface area contributed by atoms with Crippen LogP contribution in [0.3, 0.4) is 0 Å². The molecule has 1 aromatic carbocycles. The van der Waals surface area contributed by atoms with Crippen molar-refractivity contribution in [3.63, 3.8) is 0 Å². The molecule has 18 heavy (non-hydrogen) atoms. The van der Waals surface area contributed by atoms with E-state index in [4.69, 9.17) is 39.5 Å². The van der Waals surface area contributed by atoms with Crippen LogP contribution >= 0.6 is 34.8 Å². The molecule has 1 aliphatic rings. The molecule has 0 bridgehead atoms. The van der Waals surface area contributed by atoms with Crippen molar-refractivity contribution < 1.29 is 4.74 Å². The third kappa shape index (κ3) is 3.92. The van der Waals surface area contributed by atoms with E-state index in [1.54, 1.807) is 12.1 Å². The van der Waals surface area contributed by atoms with Crippen molar-refractivity contribution >= 4 is 34.8 Å². The van der Waals surface area contributed by atoms with Gasteiger partial charge in [-0.05, 0) is 50.4 Å². The van der Waals surface area contributed by atoms with Crippen molar-refractivity contribution in [2.24, 2.45) is 5.92 Å². The first-order valence-electron chi connectivity index (χ1n) is 6.15. The Morgan fingerprint density at radius 3 is 2.33 bits per heavy atom. The molecule has 0 aromatic heterocycles. The van der Waals surface area contributed by atoms with Gasteiger partial charge < -0.3 is 10.1 Å². The van der Waals surface area contributed by atoms with Gasteiger partial charge in [0.2, 0.25) is 0 Å². The summed E-state index contributed by atoms with van der Waals surface area (Å²) in [5, 5.41) is 4.81. The van der Waals surface area contributed by atoms with Crippen molar-refractivity contribution in [1.82, 2.24) is 5.32 Å². The highest BCUT2D eigenvalue weighted by atomic mass is 35.5. The first kappa shape index (κ1) is 14.3. The highest BCUT2D eigenvalue weighted by Gasteiger charge is 2.14. The van der Waals surface area contributed by atoms with E-state index in [0.29, 0.717) is 27.4 Å². The molecule has 0 spiro atoms. The molecule has 0 radical (unpaired) electrons. The second-order valence-corrected chi connectivity index (χ2v) is 5.78. The molecule has 1 N–H and O–H groups in total. The summed E-state index contributed by atoms with van der Waals surface area (Å²) in [7, 11) is 0. The minimum absolute atomic E-state index is 0.470. The molecule has 0 amide bonds. The maximum Gasteiger partial charge on any atom is 0.156 e. The van der Waals surface area contributed by atoms with Crippen LogP contribution in [-0.2, 0) is 0 Å². The lowest BCUT2D eigenvalue weighted by Crippen LogP contribution is -2.28. The van der Waals surface area contributed by atoms with E-state index in [0.717, 1.165) is 25.4 Å². The summed E-state index contributed by atoms with van der Waals surface area (Å²) in [5.74, 6) is 1.27. The summed E-state index contributed by atoms with van der Waals surface area (Å²) < 4.78 is 5.68. The highest BCUT2D eigenvalue weighted by Crippen LogP contribution is 2.36. The summed E-state index contributed by atoms with van der Waals surface area (Å²) >= 11 is 18.0. The minimum atomic E-state index is 0.470. The van der Waals surface area contributed by atoms with Crippen LogP contribution in [0.4, 0.5) is 0 Å². The number of rotatable bonds is 4. The van der Waals surface area contributed by atoms with E-state index in [1.165, 1.54) is 12.8 Å². The SMILES string of the molecule is Clc1cc(Cl)c(OCCC2CCNCC2)c(Cl)c1. The number of benzene rings is 1. The minimum Gasteiger partial charge on any atom is -0.490 e. The van der Waals surface area contributed by atoms with Gasteiger partial charge in [-0.15, -0.1) is 0 Å². The lowest BCUT2D eigenvalue weighted by molar-refractivity contribution is 0.252. The quantitative estimate of drug-likeness (QED) is 0.889. The number of hydrogen-bond acceptors (Lipinski definition) is 2. The van der Waals surface area contributed by atoms with Gasteiger partial charge in [0.05, 0.1) is 16.7 Å². The van der Waals surface area contributed by atoms with Crippen LogP contribution in [0.1, 0.15) is 19.3 Å². The first-order chi connectivity index (χ1) is 8.66. The standard InChI is InChI=1S/C13H16Cl3NO/c14-10-7-11(15)13(12(16)8-10)18-6-3-9-1-4-17-5-2-9/h7-9,17H,1-6H2. The lowest BCUT2D eigenvalue weighted by atomic mass is 9.95. The molecule has 1 heterocycles. The van der Waals surface area contributed by atoms with Gasteiger partial charge in [-0.25, -0.2) is 0 Å². The third-order valence-corrected chi connectivity index (χ3v) is 3.97. The fourth-order valence-corrected chi connectivity index (χ4v) is 3.09. The average molecular weight is 309 g/mol. The number of ether oxygens (including phenoxy) is 1. The van der Waals surface area contributed by atoms with E-state index in [2.05, 4.69) is 5.32 Å². The summed E-state index contributed by atoms with van der Waals surface area (Å²) in [6.07, 6.45) is 3.47. The Morgan fingerprint density at radius 1 is 1.11 bits per heavy atom. The Bertz CT molecular complexity index is 382. The maximum atomic E-state index is 6.05. The van der Waals surface area contributed by atoms with Crippen LogP contribution in [0.2, 0.25) is 15.1 Å². The van der Waals surface area contributed by atoms with Crippen LogP contribution in [0.5, 0.6) is 5.75 Å². The Hall–Kier alpha value is -0.150. The van der Waals surface area contributed by atoms with Crippen LogP contribution < -0.4 is 10.1 Å². The molecule has 0 unspecified atom stereocenters. The molecule has 2 nitrogen and oxygen atoms in total. The lowest BCUT2D eigenvalue weighted by Gasteiger charge is -2.22. The third-order valence-electron chi connectivity index (χ3n) is 3.19. The Kier molecular flexibility index (Phi) is 5.43. The van der Waals surface area contributed by atoms with Crippen LogP contribution in [0.25, 0.3) is 0 Å². The van der Waals surface area contributed by atoms with Crippen molar-refractivity contribution in [2.45, 2.75) is 19.3 Å². The first-order valence-corrected chi connectivity index (χ1v) is 7.28. The van der Waals surface area contributed by atoms with Gasteiger partial charge in [0, 0.05) is 5.02 Å². The van der Waals surface area contributed by atoms with Gasteiger partial charge in [0.15, 0.2) is 5.75 Å². The summed E-state index contributed by atoms with van der Waals surface area (Å²) in [6.45, 7) is 2.85. The second kappa shape index (κ2) is 6.85. The molecule has 100 valence electrons. The molecular formula is C13H16Cl3NO. The molecular weight excluding hydrogens is 293 g/mol. The van der Waals surface area contributed by atoms with E-state index in [-0.39, 0.29) is 0 Å². The predicted molar refractivity (Wildman–Crippen MR) is 77.2 cm³/mol.